The Morgan fingerprint density at radius 1 is 1.17 bits per heavy atom. The first-order chi connectivity index (χ1) is 8.92. The number of nitrogens with zero attached hydrogens (tertiary/aromatic N) is 2. The van der Waals surface area contributed by atoms with Crippen LogP contribution in [0.1, 0.15) is 11.3 Å². The van der Waals surface area contributed by atoms with Crippen LogP contribution in [0.25, 0.3) is 10.9 Å². The SMILES string of the molecule is c1cnc2ccc(CNCc3cnc[nH]3)cc2c1. The van der Waals surface area contributed by atoms with Gasteiger partial charge in [0, 0.05) is 36.6 Å². The summed E-state index contributed by atoms with van der Waals surface area (Å²) in [5, 5.41) is 4.56. The van der Waals surface area contributed by atoms with Gasteiger partial charge in [-0.2, -0.15) is 0 Å². The van der Waals surface area contributed by atoms with E-state index >= 15 is 0 Å². The fourth-order valence-electron chi connectivity index (χ4n) is 1.96. The van der Waals surface area contributed by atoms with Gasteiger partial charge in [-0.15, -0.1) is 0 Å². The van der Waals surface area contributed by atoms with Gasteiger partial charge in [-0.05, 0) is 23.8 Å². The van der Waals surface area contributed by atoms with Gasteiger partial charge in [-0.1, -0.05) is 12.1 Å². The summed E-state index contributed by atoms with van der Waals surface area (Å²) in [7, 11) is 0. The van der Waals surface area contributed by atoms with E-state index in [1.54, 1.807) is 6.33 Å². The van der Waals surface area contributed by atoms with Gasteiger partial charge in [0.05, 0.1) is 11.8 Å². The van der Waals surface area contributed by atoms with E-state index in [0.717, 1.165) is 24.3 Å². The van der Waals surface area contributed by atoms with Crippen LogP contribution in [-0.4, -0.2) is 15.0 Å². The van der Waals surface area contributed by atoms with Gasteiger partial charge in [-0.3, -0.25) is 4.98 Å². The van der Waals surface area contributed by atoms with Crippen LogP contribution in [0.5, 0.6) is 0 Å². The van der Waals surface area contributed by atoms with E-state index in [0.29, 0.717) is 0 Å². The number of hydrogen-bond donors (Lipinski definition) is 2. The Labute approximate surface area is 105 Å². The van der Waals surface area contributed by atoms with E-state index in [9.17, 15) is 0 Å². The zero-order valence-electron chi connectivity index (χ0n) is 9.93. The van der Waals surface area contributed by atoms with Crippen LogP contribution in [0.2, 0.25) is 0 Å². The molecule has 0 amide bonds. The van der Waals surface area contributed by atoms with Crippen molar-refractivity contribution < 1.29 is 0 Å². The predicted molar refractivity (Wildman–Crippen MR) is 70.9 cm³/mol. The molecule has 2 heterocycles. The molecule has 4 nitrogen and oxygen atoms in total. The average molecular weight is 238 g/mol. The van der Waals surface area contributed by atoms with Crippen molar-refractivity contribution in [2.24, 2.45) is 0 Å². The summed E-state index contributed by atoms with van der Waals surface area (Å²) in [6.45, 7) is 1.63. The van der Waals surface area contributed by atoms with Gasteiger partial charge in [0.1, 0.15) is 0 Å². The maximum absolute atomic E-state index is 4.31. The second-order valence-electron chi connectivity index (χ2n) is 4.21. The van der Waals surface area contributed by atoms with Crippen LogP contribution in [0.15, 0.2) is 49.1 Å². The van der Waals surface area contributed by atoms with Crippen molar-refractivity contribution in [2.75, 3.05) is 0 Å². The molecule has 0 radical (unpaired) electrons. The van der Waals surface area contributed by atoms with Crippen molar-refractivity contribution in [2.45, 2.75) is 13.1 Å². The quantitative estimate of drug-likeness (QED) is 0.733. The average Bonchev–Trinajstić information content (AvgIpc) is 2.92. The second kappa shape index (κ2) is 4.98. The summed E-state index contributed by atoms with van der Waals surface area (Å²) >= 11 is 0. The molecule has 0 aliphatic heterocycles. The standard InChI is InChI=1S/C14H14N4/c1-2-12-6-11(3-4-14(12)17-5-1)7-15-8-13-9-16-10-18-13/h1-6,9-10,15H,7-8H2,(H,16,18). The minimum atomic E-state index is 0.797. The van der Waals surface area contributed by atoms with Crippen LogP contribution < -0.4 is 5.32 Å². The molecule has 0 bridgehead atoms. The molecule has 0 spiro atoms. The molecule has 90 valence electrons. The number of aromatic amines is 1. The number of imidazole rings is 1. The molecular weight excluding hydrogens is 224 g/mol. The van der Waals surface area contributed by atoms with E-state index in [-0.39, 0.29) is 0 Å². The molecule has 0 aliphatic carbocycles. The molecule has 2 N–H and O–H groups in total. The minimum Gasteiger partial charge on any atom is -0.347 e. The van der Waals surface area contributed by atoms with E-state index in [2.05, 4.69) is 44.5 Å². The number of aromatic nitrogens is 3. The lowest BCUT2D eigenvalue weighted by Gasteiger charge is -2.04. The molecule has 1 aromatic carbocycles. The number of hydrogen-bond acceptors (Lipinski definition) is 3. The maximum atomic E-state index is 4.31. The smallest absolute Gasteiger partial charge is 0.0922 e. The summed E-state index contributed by atoms with van der Waals surface area (Å²) in [5.74, 6) is 0. The Morgan fingerprint density at radius 2 is 2.17 bits per heavy atom. The molecule has 0 unspecified atom stereocenters. The summed E-state index contributed by atoms with van der Waals surface area (Å²) in [6, 6.07) is 10.4. The lowest BCUT2D eigenvalue weighted by Crippen LogP contribution is -2.12. The van der Waals surface area contributed by atoms with Gasteiger partial charge < -0.3 is 10.3 Å². The molecule has 3 rings (SSSR count). The fraction of sp³-hybridized carbons (Fsp3) is 0.143. The number of benzene rings is 1. The number of fused-ring (bicyclic) bond motifs is 1. The summed E-state index contributed by atoms with van der Waals surface area (Å²) < 4.78 is 0. The van der Waals surface area contributed by atoms with Crippen LogP contribution >= 0.6 is 0 Å². The number of H-pyrrole nitrogens is 1. The van der Waals surface area contributed by atoms with Crippen LogP contribution in [0.3, 0.4) is 0 Å². The predicted octanol–water partition coefficient (Wildman–Crippen LogP) is 2.25. The molecular formula is C14H14N4. The van der Waals surface area contributed by atoms with Crippen molar-refractivity contribution in [3.8, 4) is 0 Å². The Kier molecular flexibility index (Phi) is 3.02. The van der Waals surface area contributed by atoms with Crippen molar-refractivity contribution in [3.63, 3.8) is 0 Å². The minimum absolute atomic E-state index is 0.797. The van der Waals surface area contributed by atoms with Crippen LogP contribution in [-0.2, 0) is 13.1 Å². The number of rotatable bonds is 4. The zero-order chi connectivity index (χ0) is 12.2. The molecule has 0 fully saturated rings. The molecule has 18 heavy (non-hydrogen) atoms. The number of nitrogens with one attached hydrogen (secondary N) is 2. The normalized spacial score (nSPS) is 10.9. The maximum Gasteiger partial charge on any atom is 0.0922 e. The Balaban J connectivity index is 1.67. The lowest BCUT2D eigenvalue weighted by molar-refractivity contribution is 0.683. The Bertz CT molecular complexity index is 631. The van der Waals surface area contributed by atoms with Gasteiger partial charge in [-0.25, -0.2) is 4.98 Å². The van der Waals surface area contributed by atoms with Gasteiger partial charge in [0.2, 0.25) is 0 Å². The summed E-state index contributed by atoms with van der Waals surface area (Å²) in [6.07, 6.45) is 5.34. The van der Waals surface area contributed by atoms with E-state index in [1.807, 2.05) is 18.5 Å². The van der Waals surface area contributed by atoms with Gasteiger partial charge >= 0.3 is 0 Å². The molecule has 4 heteroatoms. The first-order valence-electron chi connectivity index (χ1n) is 5.93. The first-order valence-corrected chi connectivity index (χ1v) is 5.93. The zero-order valence-corrected chi connectivity index (χ0v) is 9.93. The van der Waals surface area contributed by atoms with E-state index < -0.39 is 0 Å². The van der Waals surface area contributed by atoms with Crippen molar-refractivity contribution in [3.05, 3.63) is 60.3 Å². The highest BCUT2D eigenvalue weighted by molar-refractivity contribution is 5.78. The van der Waals surface area contributed by atoms with Gasteiger partial charge in [0.25, 0.3) is 0 Å². The largest absolute Gasteiger partial charge is 0.347 e. The molecule has 0 aliphatic rings. The van der Waals surface area contributed by atoms with Crippen molar-refractivity contribution in [1.82, 2.24) is 20.3 Å². The third-order valence-electron chi connectivity index (χ3n) is 2.87. The summed E-state index contributed by atoms with van der Waals surface area (Å²) in [4.78, 5) is 11.4. The summed E-state index contributed by atoms with van der Waals surface area (Å²) in [5.41, 5.74) is 3.39. The Morgan fingerprint density at radius 3 is 3.06 bits per heavy atom. The van der Waals surface area contributed by atoms with Crippen molar-refractivity contribution >= 4 is 10.9 Å². The molecule has 2 aromatic heterocycles. The second-order valence-corrected chi connectivity index (χ2v) is 4.21. The van der Waals surface area contributed by atoms with Gasteiger partial charge in [0.15, 0.2) is 0 Å². The molecule has 3 aromatic rings. The molecule has 0 atom stereocenters. The highest BCUT2D eigenvalue weighted by atomic mass is 14.9. The van der Waals surface area contributed by atoms with E-state index in [4.69, 9.17) is 0 Å². The fourth-order valence-corrected chi connectivity index (χ4v) is 1.96. The highest BCUT2D eigenvalue weighted by Crippen LogP contribution is 2.13. The topological polar surface area (TPSA) is 53.6 Å². The number of pyridine rings is 1. The van der Waals surface area contributed by atoms with Crippen LogP contribution in [0.4, 0.5) is 0 Å². The molecule has 0 saturated carbocycles. The highest BCUT2D eigenvalue weighted by Gasteiger charge is 1.98. The van der Waals surface area contributed by atoms with E-state index in [1.165, 1.54) is 10.9 Å². The first kappa shape index (κ1) is 10.9. The monoisotopic (exact) mass is 238 g/mol. The molecule has 0 saturated heterocycles. The van der Waals surface area contributed by atoms with Crippen LogP contribution in [0, 0.1) is 0 Å². The Hall–Kier alpha value is -2.20. The van der Waals surface area contributed by atoms with Crippen molar-refractivity contribution in [1.29, 1.82) is 0 Å². The third kappa shape index (κ3) is 2.38. The lowest BCUT2D eigenvalue weighted by atomic mass is 10.1. The third-order valence-corrected chi connectivity index (χ3v) is 2.87.